The summed E-state index contributed by atoms with van der Waals surface area (Å²) in [4.78, 5) is 7.42. The molecule has 6 rings (SSSR count). The van der Waals surface area contributed by atoms with E-state index in [1.807, 2.05) is 24.3 Å². The number of pyridine rings is 2. The Hall–Kier alpha value is -3.72. The molecule has 1 fully saturated rings. The van der Waals surface area contributed by atoms with Crippen molar-refractivity contribution in [3.05, 3.63) is 96.1 Å². The van der Waals surface area contributed by atoms with Crippen molar-refractivity contribution in [2.24, 2.45) is 5.73 Å². The summed E-state index contributed by atoms with van der Waals surface area (Å²) in [6.07, 6.45) is 2.26. The highest BCUT2D eigenvalue weighted by molar-refractivity contribution is 5.72. The standard InChI is InChI=1S/C26H20F2N4O2/c27-23-12-16(7-9-31-23)15-3-5-21-19(10-15)26(14-30-13-24(29)34-26)20-11-17(4-6-22(20)33-21)18-2-1-8-32-25(18)28/h1-12,24,30H,13-14,29H2/t24-,26?/m1/s1. The molecule has 4 heterocycles. The minimum atomic E-state index is -0.989. The fourth-order valence-corrected chi connectivity index (χ4v) is 4.71. The molecule has 0 saturated carbocycles. The molecule has 34 heavy (non-hydrogen) atoms. The van der Waals surface area contributed by atoms with Crippen LogP contribution in [-0.2, 0) is 10.3 Å². The van der Waals surface area contributed by atoms with Crippen molar-refractivity contribution in [1.29, 1.82) is 0 Å². The molecule has 2 aliphatic heterocycles. The second-order valence-corrected chi connectivity index (χ2v) is 8.35. The highest BCUT2D eigenvalue weighted by atomic mass is 19.1. The van der Waals surface area contributed by atoms with E-state index in [0.29, 0.717) is 41.3 Å². The summed E-state index contributed by atoms with van der Waals surface area (Å²) in [5.41, 5.74) is 9.21. The van der Waals surface area contributed by atoms with Crippen molar-refractivity contribution in [3.63, 3.8) is 0 Å². The Morgan fingerprint density at radius 1 is 0.882 bits per heavy atom. The van der Waals surface area contributed by atoms with E-state index in [1.54, 1.807) is 30.3 Å². The number of nitrogens with two attached hydrogens (primary N) is 1. The van der Waals surface area contributed by atoms with Gasteiger partial charge in [0.2, 0.25) is 11.9 Å². The van der Waals surface area contributed by atoms with Crippen molar-refractivity contribution in [1.82, 2.24) is 15.3 Å². The van der Waals surface area contributed by atoms with Gasteiger partial charge in [-0.2, -0.15) is 8.78 Å². The van der Waals surface area contributed by atoms with E-state index in [9.17, 15) is 8.78 Å². The maximum absolute atomic E-state index is 14.5. The van der Waals surface area contributed by atoms with Gasteiger partial charge >= 0.3 is 0 Å². The molecule has 2 aromatic heterocycles. The number of rotatable bonds is 2. The molecule has 4 aromatic rings. The monoisotopic (exact) mass is 458 g/mol. The van der Waals surface area contributed by atoms with Crippen LogP contribution in [0.3, 0.4) is 0 Å². The van der Waals surface area contributed by atoms with Crippen LogP contribution >= 0.6 is 0 Å². The number of aromatic nitrogens is 2. The van der Waals surface area contributed by atoms with Gasteiger partial charge in [-0.1, -0.05) is 12.1 Å². The average molecular weight is 458 g/mol. The van der Waals surface area contributed by atoms with Crippen molar-refractivity contribution in [2.45, 2.75) is 11.8 Å². The fourth-order valence-electron chi connectivity index (χ4n) is 4.71. The van der Waals surface area contributed by atoms with Gasteiger partial charge in [0.15, 0.2) is 0 Å². The lowest BCUT2D eigenvalue weighted by atomic mass is 9.80. The molecule has 2 aromatic carbocycles. The van der Waals surface area contributed by atoms with Crippen molar-refractivity contribution >= 4 is 0 Å². The van der Waals surface area contributed by atoms with Gasteiger partial charge in [0.1, 0.15) is 23.3 Å². The third kappa shape index (κ3) is 3.35. The molecular formula is C26H20F2N4O2. The second kappa shape index (κ2) is 7.95. The normalized spacial score (nSPS) is 21.0. The van der Waals surface area contributed by atoms with Gasteiger partial charge in [0, 0.05) is 48.2 Å². The maximum atomic E-state index is 14.5. The zero-order valence-corrected chi connectivity index (χ0v) is 18.0. The van der Waals surface area contributed by atoms with Crippen LogP contribution in [0.5, 0.6) is 11.5 Å². The topological polar surface area (TPSA) is 82.3 Å². The SMILES string of the molecule is N[C@H]1CNCC2(O1)c1cc(-c3ccnc(F)c3)ccc1Oc1ccc(-c3cccnc3F)cc12. The van der Waals surface area contributed by atoms with Gasteiger partial charge in [-0.15, -0.1) is 0 Å². The zero-order chi connectivity index (χ0) is 23.3. The molecule has 6 nitrogen and oxygen atoms in total. The Balaban J connectivity index is 1.55. The third-order valence-corrected chi connectivity index (χ3v) is 6.25. The maximum Gasteiger partial charge on any atom is 0.220 e. The Morgan fingerprint density at radius 2 is 1.62 bits per heavy atom. The first-order valence-corrected chi connectivity index (χ1v) is 10.9. The predicted molar refractivity (Wildman–Crippen MR) is 122 cm³/mol. The lowest BCUT2D eigenvalue weighted by Gasteiger charge is -2.45. The van der Waals surface area contributed by atoms with E-state index < -0.39 is 23.7 Å². The van der Waals surface area contributed by atoms with E-state index in [0.717, 1.165) is 16.7 Å². The molecule has 0 radical (unpaired) electrons. The summed E-state index contributed by atoms with van der Waals surface area (Å²) in [5, 5.41) is 3.35. The lowest BCUT2D eigenvalue weighted by Crippen LogP contribution is -2.56. The Labute approximate surface area is 194 Å². The summed E-state index contributed by atoms with van der Waals surface area (Å²) in [5.74, 6) is 0.0865. The Kier molecular flexibility index (Phi) is 4.88. The van der Waals surface area contributed by atoms with Crippen molar-refractivity contribution < 1.29 is 18.3 Å². The van der Waals surface area contributed by atoms with Crippen LogP contribution in [0, 0.1) is 11.9 Å². The van der Waals surface area contributed by atoms with E-state index in [2.05, 4.69) is 15.3 Å². The van der Waals surface area contributed by atoms with Gasteiger partial charge in [0.05, 0.1) is 0 Å². The van der Waals surface area contributed by atoms with E-state index >= 15 is 0 Å². The molecule has 1 spiro atoms. The highest BCUT2D eigenvalue weighted by Crippen LogP contribution is 2.51. The zero-order valence-electron chi connectivity index (χ0n) is 18.0. The summed E-state index contributed by atoms with van der Waals surface area (Å²) in [7, 11) is 0. The average Bonchev–Trinajstić information content (AvgIpc) is 2.84. The van der Waals surface area contributed by atoms with Gasteiger partial charge in [-0.25, -0.2) is 9.97 Å². The number of morpholine rings is 1. The minimum absolute atomic E-state index is 0.375. The summed E-state index contributed by atoms with van der Waals surface area (Å²) >= 11 is 0. The molecule has 170 valence electrons. The van der Waals surface area contributed by atoms with E-state index in [-0.39, 0.29) is 0 Å². The number of hydrogen-bond acceptors (Lipinski definition) is 6. The minimum Gasteiger partial charge on any atom is -0.457 e. The molecule has 0 aliphatic carbocycles. The largest absolute Gasteiger partial charge is 0.457 e. The van der Waals surface area contributed by atoms with Crippen LogP contribution < -0.4 is 15.8 Å². The number of nitrogens with one attached hydrogen (secondary N) is 1. The number of halogens is 2. The molecule has 2 aliphatic rings. The van der Waals surface area contributed by atoms with Crippen molar-refractivity contribution in [3.8, 4) is 33.8 Å². The number of fused-ring (bicyclic) bond motifs is 4. The smallest absolute Gasteiger partial charge is 0.220 e. The fraction of sp³-hybridized carbons (Fsp3) is 0.154. The van der Waals surface area contributed by atoms with Gasteiger partial charge < -0.3 is 20.5 Å². The van der Waals surface area contributed by atoms with Crippen LogP contribution in [0.1, 0.15) is 11.1 Å². The Bertz CT molecular complexity index is 1410. The van der Waals surface area contributed by atoms with Crippen LogP contribution in [-0.4, -0.2) is 29.3 Å². The van der Waals surface area contributed by atoms with Gasteiger partial charge in [-0.05, 0) is 59.2 Å². The van der Waals surface area contributed by atoms with Crippen LogP contribution in [0.2, 0.25) is 0 Å². The molecular weight excluding hydrogens is 438 g/mol. The first kappa shape index (κ1) is 20.9. The highest BCUT2D eigenvalue weighted by Gasteiger charge is 2.47. The number of ether oxygens (including phenoxy) is 2. The number of nitrogens with zero attached hydrogens (tertiary/aromatic N) is 2. The summed E-state index contributed by atoms with van der Waals surface area (Å²) in [6, 6.07) is 17.6. The molecule has 0 bridgehead atoms. The molecule has 2 atom stereocenters. The van der Waals surface area contributed by atoms with Gasteiger partial charge in [0.25, 0.3) is 0 Å². The summed E-state index contributed by atoms with van der Waals surface area (Å²) < 4.78 is 41.0. The molecule has 3 N–H and O–H groups in total. The lowest BCUT2D eigenvalue weighted by molar-refractivity contribution is -0.0970. The van der Waals surface area contributed by atoms with E-state index in [1.165, 1.54) is 18.5 Å². The first-order valence-electron chi connectivity index (χ1n) is 10.9. The quantitative estimate of drug-likeness (QED) is 0.435. The van der Waals surface area contributed by atoms with Gasteiger partial charge in [-0.3, -0.25) is 0 Å². The van der Waals surface area contributed by atoms with Crippen molar-refractivity contribution in [2.75, 3.05) is 13.1 Å². The van der Waals surface area contributed by atoms with Crippen LogP contribution in [0.15, 0.2) is 73.1 Å². The number of benzene rings is 2. The third-order valence-electron chi connectivity index (χ3n) is 6.25. The molecule has 1 unspecified atom stereocenters. The molecule has 0 amide bonds. The first-order chi connectivity index (χ1) is 16.5. The molecule has 1 saturated heterocycles. The van der Waals surface area contributed by atoms with E-state index in [4.69, 9.17) is 15.2 Å². The molecule has 8 heteroatoms. The Morgan fingerprint density at radius 3 is 2.35 bits per heavy atom. The number of hydrogen-bond donors (Lipinski definition) is 2. The van der Waals surface area contributed by atoms with Crippen LogP contribution in [0.25, 0.3) is 22.3 Å². The second-order valence-electron chi connectivity index (χ2n) is 8.35. The summed E-state index contributed by atoms with van der Waals surface area (Å²) in [6.45, 7) is 0.913. The predicted octanol–water partition coefficient (Wildman–Crippen LogP) is 4.34. The van der Waals surface area contributed by atoms with Crippen LogP contribution in [0.4, 0.5) is 8.78 Å².